The molecule has 0 saturated carbocycles. The SMILES string of the molecule is O=C1NC(=S)SC1=Cc1cccc(OCCOc2ccccc2Cl)c1. The van der Waals surface area contributed by atoms with Crippen LogP contribution in [0.3, 0.4) is 0 Å². The topological polar surface area (TPSA) is 47.6 Å². The number of nitrogens with one attached hydrogen (secondary N) is 1. The smallest absolute Gasteiger partial charge is 0.263 e. The maximum atomic E-state index is 11.7. The van der Waals surface area contributed by atoms with Crippen molar-refractivity contribution < 1.29 is 14.3 Å². The first-order chi connectivity index (χ1) is 12.1. The Morgan fingerprint density at radius 2 is 1.92 bits per heavy atom. The number of rotatable bonds is 6. The molecule has 1 aliphatic heterocycles. The minimum absolute atomic E-state index is 0.172. The lowest BCUT2D eigenvalue weighted by Gasteiger charge is -2.09. The van der Waals surface area contributed by atoms with E-state index >= 15 is 0 Å². The van der Waals surface area contributed by atoms with Gasteiger partial charge in [-0.1, -0.05) is 59.8 Å². The highest BCUT2D eigenvalue weighted by Crippen LogP contribution is 2.27. The van der Waals surface area contributed by atoms with Crippen molar-refractivity contribution in [2.75, 3.05) is 13.2 Å². The molecule has 0 atom stereocenters. The number of para-hydroxylation sites is 1. The maximum absolute atomic E-state index is 11.7. The van der Waals surface area contributed by atoms with Crippen LogP contribution in [0.4, 0.5) is 0 Å². The van der Waals surface area contributed by atoms with Crippen LogP contribution in [-0.4, -0.2) is 23.4 Å². The van der Waals surface area contributed by atoms with Gasteiger partial charge in [0.05, 0.1) is 9.93 Å². The Labute approximate surface area is 160 Å². The van der Waals surface area contributed by atoms with Crippen molar-refractivity contribution >= 4 is 51.9 Å². The van der Waals surface area contributed by atoms with Gasteiger partial charge < -0.3 is 14.8 Å². The summed E-state index contributed by atoms with van der Waals surface area (Å²) in [6.45, 7) is 0.756. The van der Waals surface area contributed by atoms with Gasteiger partial charge in [-0.2, -0.15) is 0 Å². The fraction of sp³-hybridized carbons (Fsp3) is 0.111. The molecule has 3 rings (SSSR count). The summed E-state index contributed by atoms with van der Waals surface area (Å²) in [6, 6.07) is 14.8. The summed E-state index contributed by atoms with van der Waals surface area (Å²) in [5.74, 6) is 1.16. The van der Waals surface area contributed by atoms with E-state index in [0.29, 0.717) is 39.0 Å². The molecule has 25 heavy (non-hydrogen) atoms. The Balaban J connectivity index is 1.55. The number of carbonyl (C=O) groups is 1. The van der Waals surface area contributed by atoms with Gasteiger partial charge in [0.1, 0.15) is 29.0 Å². The van der Waals surface area contributed by atoms with Gasteiger partial charge in [-0.25, -0.2) is 0 Å². The number of halogens is 1. The number of ether oxygens (including phenoxy) is 2. The summed E-state index contributed by atoms with van der Waals surface area (Å²) in [4.78, 5) is 12.3. The van der Waals surface area contributed by atoms with Crippen LogP contribution < -0.4 is 14.8 Å². The third kappa shape index (κ3) is 4.98. The molecule has 1 fully saturated rings. The van der Waals surface area contributed by atoms with Gasteiger partial charge in [0.15, 0.2) is 0 Å². The molecule has 0 spiro atoms. The quantitative estimate of drug-likeness (QED) is 0.452. The zero-order chi connectivity index (χ0) is 17.6. The van der Waals surface area contributed by atoms with E-state index in [-0.39, 0.29) is 5.91 Å². The molecule has 0 unspecified atom stereocenters. The minimum atomic E-state index is -0.172. The molecule has 1 saturated heterocycles. The zero-order valence-electron chi connectivity index (χ0n) is 13.0. The lowest BCUT2D eigenvalue weighted by molar-refractivity contribution is -0.115. The highest BCUT2D eigenvalue weighted by atomic mass is 35.5. The molecular formula is C18H14ClNO3S2. The maximum Gasteiger partial charge on any atom is 0.263 e. The van der Waals surface area contributed by atoms with Crippen molar-refractivity contribution in [2.45, 2.75) is 0 Å². The molecule has 1 amide bonds. The predicted octanol–water partition coefficient (Wildman–Crippen LogP) is 4.29. The van der Waals surface area contributed by atoms with Crippen LogP contribution in [0.1, 0.15) is 5.56 Å². The van der Waals surface area contributed by atoms with E-state index in [4.69, 9.17) is 33.3 Å². The number of carbonyl (C=O) groups excluding carboxylic acids is 1. The first-order valence-corrected chi connectivity index (χ1v) is 9.07. The summed E-state index contributed by atoms with van der Waals surface area (Å²) >= 11 is 12.3. The van der Waals surface area contributed by atoms with Crippen molar-refractivity contribution in [3.63, 3.8) is 0 Å². The molecule has 2 aromatic carbocycles. The highest BCUT2D eigenvalue weighted by molar-refractivity contribution is 8.26. The zero-order valence-corrected chi connectivity index (χ0v) is 15.4. The molecule has 1 N–H and O–H groups in total. The minimum Gasteiger partial charge on any atom is -0.490 e. The Morgan fingerprint density at radius 1 is 1.12 bits per heavy atom. The van der Waals surface area contributed by atoms with Gasteiger partial charge in [0, 0.05) is 0 Å². The van der Waals surface area contributed by atoms with Crippen LogP contribution in [-0.2, 0) is 4.79 Å². The number of thioether (sulfide) groups is 1. The average molecular weight is 392 g/mol. The van der Waals surface area contributed by atoms with Gasteiger partial charge in [-0.3, -0.25) is 4.79 Å². The van der Waals surface area contributed by atoms with Gasteiger partial charge in [0.2, 0.25) is 0 Å². The molecular weight excluding hydrogens is 378 g/mol. The van der Waals surface area contributed by atoms with E-state index in [1.165, 1.54) is 11.8 Å². The van der Waals surface area contributed by atoms with Crippen molar-refractivity contribution in [3.8, 4) is 11.5 Å². The number of amides is 1. The summed E-state index contributed by atoms with van der Waals surface area (Å²) in [6.07, 6.45) is 1.78. The van der Waals surface area contributed by atoms with Gasteiger partial charge >= 0.3 is 0 Å². The second kappa shape index (κ2) is 8.38. The molecule has 1 aliphatic rings. The van der Waals surface area contributed by atoms with Gasteiger partial charge in [-0.05, 0) is 35.9 Å². The average Bonchev–Trinajstić information content (AvgIpc) is 2.91. The number of hydrogen-bond donors (Lipinski definition) is 1. The molecule has 1 heterocycles. The fourth-order valence-electron chi connectivity index (χ4n) is 2.14. The molecule has 0 aromatic heterocycles. The monoisotopic (exact) mass is 391 g/mol. The van der Waals surface area contributed by atoms with Crippen LogP contribution >= 0.6 is 35.6 Å². The third-order valence-electron chi connectivity index (χ3n) is 3.24. The Morgan fingerprint density at radius 3 is 2.68 bits per heavy atom. The highest BCUT2D eigenvalue weighted by Gasteiger charge is 2.21. The van der Waals surface area contributed by atoms with Crippen LogP contribution in [0.5, 0.6) is 11.5 Å². The van der Waals surface area contributed by atoms with Gasteiger partial charge in [-0.15, -0.1) is 0 Å². The normalized spacial score (nSPS) is 15.3. The largest absolute Gasteiger partial charge is 0.490 e. The molecule has 0 radical (unpaired) electrons. The van der Waals surface area contributed by atoms with Crippen molar-refractivity contribution in [3.05, 3.63) is 64.0 Å². The van der Waals surface area contributed by atoms with Crippen LogP contribution in [0, 0.1) is 0 Å². The third-order valence-corrected chi connectivity index (χ3v) is 4.72. The molecule has 4 nitrogen and oxygen atoms in total. The van der Waals surface area contributed by atoms with Crippen molar-refractivity contribution in [1.29, 1.82) is 0 Å². The summed E-state index contributed by atoms with van der Waals surface area (Å²) in [5, 5.41) is 3.16. The van der Waals surface area contributed by atoms with Crippen LogP contribution in [0.2, 0.25) is 5.02 Å². The molecule has 0 bridgehead atoms. The number of benzene rings is 2. The predicted molar refractivity (Wildman–Crippen MR) is 105 cm³/mol. The Bertz CT molecular complexity index is 839. The fourth-order valence-corrected chi connectivity index (χ4v) is 3.37. The number of hydrogen-bond acceptors (Lipinski definition) is 5. The Kier molecular flexibility index (Phi) is 5.96. The van der Waals surface area contributed by atoms with E-state index in [0.717, 1.165) is 5.56 Å². The van der Waals surface area contributed by atoms with Crippen molar-refractivity contribution in [2.24, 2.45) is 0 Å². The van der Waals surface area contributed by atoms with E-state index in [1.54, 1.807) is 12.1 Å². The summed E-state index contributed by atoms with van der Waals surface area (Å²) in [5.41, 5.74) is 0.867. The van der Waals surface area contributed by atoms with E-state index in [1.807, 2.05) is 42.5 Å². The van der Waals surface area contributed by atoms with Crippen molar-refractivity contribution in [1.82, 2.24) is 5.32 Å². The molecule has 128 valence electrons. The lowest BCUT2D eigenvalue weighted by Crippen LogP contribution is -2.17. The second-order valence-corrected chi connectivity index (χ2v) is 7.18. The molecule has 2 aromatic rings. The first-order valence-electron chi connectivity index (χ1n) is 7.47. The summed E-state index contributed by atoms with van der Waals surface area (Å²) < 4.78 is 11.7. The Hall–Kier alpha value is -2.02. The van der Waals surface area contributed by atoms with Crippen LogP contribution in [0.15, 0.2) is 53.4 Å². The standard InChI is InChI=1S/C18H14ClNO3S2/c19-14-6-1-2-7-15(14)23-9-8-22-13-5-3-4-12(10-13)11-16-17(21)20-18(24)25-16/h1-7,10-11H,8-9H2,(H,20,21,24). The van der Waals surface area contributed by atoms with Crippen LogP contribution in [0.25, 0.3) is 6.08 Å². The molecule has 0 aliphatic carbocycles. The second-order valence-electron chi connectivity index (χ2n) is 5.05. The summed E-state index contributed by atoms with van der Waals surface area (Å²) in [7, 11) is 0. The van der Waals surface area contributed by atoms with Gasteiger partial charge in [0.25, 0.3) is 5.91 Å². The lowest BCUT2D eigenvalue weighted by atomic mass is 10.2. The van der Waals surface area contributed by atoms with E-state index < -0.39 is 0 Å². The van der Waals surface area contributed by atoms with E-state index in [9.17, 15) is 4.79 Å². The molecule has 7 heteroatoms. The number of thiocarbonyl (C=S) groups is 1. The first kappa shape index (κ1) is 17.8. The van der Waals surface area contributed by atoms with E-state index in [2.05, 4.69) is 5.32 Å².